The predicted molar refractivity (Wildman–Crippen MR) is 113 cm³/mol. The van der Waals surface area contributed by atoms with Gasteiger partial charge in [-0.2, -0.15) is 36.4 Å². The van der Waals surface area contributed by atoms with Gasteiger partial charge < -0.3 is 0 Å². The van der Waals surface area contributed by atoms with E-state index in [1.807, 2.05) is 55.8 Å². The van der Waals surface area contributed by atoms with E-state index in [1.54, 1.807) is 6.20 Å². The van der Waals surface area contributed by atoms with E-state index in [1.165, 1.54) is 0 Å². The Hall–Kier alpha value is -0.922. The zero-order valence-corrected chi connectivity index (χ0v) is 22.7. The Morgan fingerprint density at radius 3 is 2.13 bits per heavy atom. The summed E-state index contributed by atoms with van der Waals surface area (Å²) in [5.74, 6) is 0. The Bertz CT molecular complexity index is 1060. The number of rotatable bonds is 3. The maximum atomic E-state index is 4.25. The SMILES string of the molecule is Cc1ccc(-c2[c-]cc(-c3[c-]cccc3)[c-]c2)[c-]c1-c1cncc[n+]1C.[B].[B].[Y].[Y]. The van der Waals surface area contributed by atoms with Gasteiger partial charge in [-0.05, 0) is 0 Å². The van der Waals surface area contributed by atoms with Gasteiger partial charge >= 0.3 is 0 Å². The largest absolute Gasteiger partial charge is 0.260 e. The predicted octanol–water partition coefficient (Wildman–Crippen LogP) is 3.65. The fourth-order valence-corrected chi connectivity index (χ4v) is 2.91. The van der Waals surface area contributed by atoms with Gasteiger partial charge in [-0.1, -0.05) is 12.5 Å². The molecule has 0 saturated heterocycles. The number of nitrogens with zero attached hydrogens (tertiary/aromatic N) is 2. The molecule has 30 heavy (non-hydrogen) atoms. The van der Waals surface area contributed by atoms with E-state index in [2.05, 4.69) is 52.9 Å². The van der Waals surface area contributed by atoms with Crippen molar-refractivity contribution in [3.8, 4) is 33.5 Å². The van der Waals surface area contributed by atoms with Crippen molar-refractivity contribution < 1.29 is 70.0 Å². The van der Waals surface area contributed by atoms with Gasteiger partial charge in [0.2, 0.25) is 0 Å². The van der Waals surface area contributed by atoms with Crippen LogP contribution >= 0.6 is 0 Å². The zero-order valence-electron chi connectivity index (χ0n) is 17.1. The second-order valence-electron chi connectivity index (χ2n) is 6.18. The maximum Gasteiger partial charge on any atom is 0.180 e. The molecule has 0 atom stereocenters. The van der Waals surface area contributed by atoms with Crippen LogP contribution in [0.4, 0.5) is 0 Å². The fourth-order valence-electron chi connectivity index (χ4n) is 2.91. The quantitative estimate of drug-likeness (QED) is 0.224. The van der Waals surface area contributed by atoms with Crippen LogP contribution < -0.4 is 4.57 Å². The molecule has 0 aliphatic carbocycles. The monoisotopic (exact) mass is 533 g/mol. The maximum absolute atomic E-state index is 4.25. The van der Waals surface area contributed by atoms with E-state index in [-0.39, 0.29) is 82.2 Å². The average molecular weight is 533 g/mol. The number of aromatic nitrogens is 2. The molecule has 6 heteroatoms. The first-order chi connectivity index (χ1) is 12.7. The van der Waals surface area contributed by atoms with Crippen LogP contribution in [0, 0.1) is 31.2 Å². The van der Waals surface area contributed by atoms with Crippen LogP contribution in [0.25, 0.3) is 33.5 Å². The van der Waals surface area contributed by atoms with Crippen molar-refractivity contribution in [3.05, 3.63) is 97.0 Å². The third-order valence-corrected chi connectivity index (χ3v) is 4.40. The second kappa shape index (κ2) is 13.5. The molecule has 0 aliphatic heterocycles. The summed E-state index contributed by atoms with van der Waals surface area (Å²) in [5, 5.41) is 0. The molecule has 2 nitrogen and oxygen atoms in total. The molecule has 0 N–H and O–H groups in total. The standard InChI is InChI=1S/C24H17N2.2B.2Y/c1-18-8-9-22(16-23(18)24-17-25-14-15-26(24)2)21-12-10-20(11-13-21)19-6-4-3-5-7-19;;;;/h3-6,8-10,13-15,17H,1-2H3;;;;/q-3;;;;. The first-order valence-electron chi connectivity index (χ1n) is 8.46. The topological polar surface area (TPSA) is 16.8 Å². The van der Waals surface area contributed by atoms with E-state index in [0.29, 0.717) is 0 Å². The molecule has 1 aromatic heterocycles. The molecule has 0 fully saturated rings. The van der Waals surface area contributed by atoms with E-state index in [0.717, 1.165) is 39.1 Å². The molecular formula is C24H17B2N2Y2-3. The van der Waals surface area contributed by atoms with Crippen molar-refractivity contribution in [2.45, 2.75) is 6.92 Å². The molecule has 0 unspecified atom stereocenters. The molecule has 0 saturated carbocycles. The molecule has 8 radical (unpaired) electrons. The van der Waals surface area contributed by atoms with Gasteiger partial charge in [0.25, 0.3) is 0 Å². The van der Waals surface area contributed by atoms with Gasteiger partial charge in [0.1, 0.15) is 7.05 Å². The molecule has 4 aromatic rings. The molecule has 4 rings (SSSR count). The van der Waals surface area contributed by atoms with Gasteiger partial charge in [0.05, 0.1) is 12.4 Å². The number of hydrogen-bond acceptors (Lipinski definition) is 1. The molecule has 0 aliphatic rings. The van der Waals surface area contributed by atoms with Gasteiger partial charge in [-0.25, -0.2) is 51.1 Å². The summed E-state index contributed by atoms with van der Waals surface area (Å²) in [4.78, 5) is 4.25. The van der Waals surface area contributed by atoms with Gasteiger partial charge in [-0.15, -0.1) is 17.7 Å². The molecule has 0 spiro atoms. The minimum atomic E-state index is 0. The molecular weight excluding hydrogens is 516 g/mol. The van der Waals surface area contributed by atoms with E-state index in [9.17, 15) is 0 Å². The van der Waals surface area contributed by atoms with Crippen molar-refractivity contribution in [3.63, 3.8) is 0 Å². The van der Waals surface area contributed by atoms with E-state index < -0.39 is 0 Å². The molecule has 1 heterocycles. The first-order valence-corrected chi connectivity index (χ1v) is 8.46. The van der Waals surface area contributed by atoms with Crippen LogP contribution in [0.5, 0.6) is 0 Å². The molecule has 3 aromatic carbocycles. The molecule has 0 amide bonds. The first kappa shape index (κ1) is 29.1. The van der Waals surface area contributed by atoms with Gasteiger partial charge in [0.15, 0.2) is 11.9 Å². The van der Waals surface area contributed by atoms with Gasteiger partial charge in [-0.3, -0.25) is 4.98 Å². The Labute approximate surface area is 233 Å². The third-order valence-electron chi connectivity index (χ3n) is 4.40. The Balaban J connectivity index is 0.00000210. The van der Waals surface area contributed by atoms with Crippen molar-refractivity contribution in [2.75, 3.05) is 0 Å². The number of hydrogen-bond donors (Lipinski definition) is 0. The molecule has 0 bridgehead atoms. The smallest absolute Gasteiger partial charge is 0.180 e. The number of aryl methyl sites for hydroxylation is 2. The van der Waals surface area contributed by atoms with Crippen LogP contribution in [0.1, 0.15) is 5.56 Å². The van der Waals surface area contributed by atoms with Crippen molar-refractivity contribution in [1.82, 2.24) is 4.98 Å². The van der Waals surface area contributed by atoms with E-state index >= 15 is 0 Å². The van der Waals surface area contributed by atoms with Crippen molar-refractivity contribution in [1.29, 1.82) is 0 Å². The van der Waals surface area contributed by atoms with Crippen LogP contribution in [0.2, 0.25) is 0 Å². The zero-order chi connectivity index (χ0) is 17.9. The third kappa shape index (κ3) is 6.54. The summed E-state index contributed by atoms with van der Waals surface area (Å²) in [5.41, 5.74) is 7.22. The summed E-state index contributed by atoms with van der Waals surface area (Å²) in [7, 11) is 2.02. The van der Waals surface area contributed by atoms with Crippen LogP contribution in [0.3, 0.4) is 0 Å². The number of benzene rings is 3. The van der Waals surface area contributed by atoms with Crippen LogP contribution in [0.15, 0.2) is 67.1 Å². The minimum Gasteiger partial charge on any atom is -0.260 e. The second-order valence-corrected chi connectivity index (χ2v) is 6.18. The Morgan fingerprint density at radius 1 is 0.833 bits per heavy atom. The van der Waals surface area contributed by atoms with E-state index in [4.69, 9.17) is 0 Å². The summed E-state index contributed by atoms with van der Waals surface area (Å²) >= 11 is 0. The fraction of sp³-hybridized carbons (Fsp3) is 0.0833. The van der Waals surface area contributed by atoms with Gasteiger partial charge in [0, 0.05) is 82.2 Å². The summed E-state index contributed by atoms with van der Waals surface area (Å²) in [6.45, 7) is 2.09. The summed E-state index contributed by atoms with van der Waals surface area (Å²) < 4.78 is 2.06. The summed E-state index contributed by atoms with van der Waals surface area (Å²) in [6.07, 6.45) is 5.60. The summed E-state index contributed by atoms with van der Waals surface area (Å²) in [6, 6.07) is 29.4. The van der Waals surface area contributed by atoms with Crippen LogP contribution in [-0.4, -0.2) is 21.8 Å². The minimum absolute atomic E-state index is 0. The van der Waals surface area contributed by atoms with Crippen molar-refractivity contribution >= 4 is 16.8 Å². The normalized spacial score (nSPS) is 9.27. The van der Waals surface area contributed by atoms with Crippen LogP contribution in [-0.2, 0) is 72.5 Å². The Kier molecular flexibility index (Phi) is 13.1. The van der Waals surface area contributed by atoms with Crippen molar-refractivity contribution in [2.24, 2.45) is 7.05 Å². The average Bonchev–Trinajstić information content (AvgIpc) is 2.70. The Morgan fingerprint density at radius 2 is 1.53 bits per heavy atom. The molecule has 138 valence electrons.